The van der Waals surface area contributed by atoms with E-state index in [0.717, 1.165) is 17.0 Å². The van der Waals surface area contributed by atoms with E-state index in [2.05, 4.69) is 0 Å². The number of alkyl halides is 3. The number of aliphatic carboxylic acids is 1. The van der Waals surface area contributed by atoms with Gasteiger partial charge in [0, 0.05) is 23.7 Å². The van der Waals surface area contributed by atoms with Gasteiger partial charge in [0.05, 0.1) is 12.0 Å². The van der Waals surface area contributed by atoms with Crippen molar-refractivity contribution in [1.82, 2.24) is 4.90 Å². The predicted octanol–water partition coefficient (Wildman–Crippen LogP) is 3.30. The lowest BCUT2D eigenvalue weighted by Gasteiger charge is -2.20. The molecule has 0 aliphatic carbocycles. The summed E-state index contributed by atoms with van der Waals surface area (Å²) in [7, 11) is 0. The summed E-state index contributed by atoms with van der Waals surface area (Å²) in [5, 5.41) is 8.39. The number of carboxylic acids is 1. The van der Waals surface area contributed by atoms with E-state index in [1.807, 2.05) is 0 Å². The number of nitrogens with zero attached hydrogens (tertiary/aromatic N) is 1. The smallest absolute Gasteiger partial charge is 0.416 e. The molecule has 0 radical (unpaired) electrons. The van der Waals surface area contributed by atoms with Crippen LogP contribution in [0.1, 0.15) is 29.3 Å². The van der Waals surface area contributed by atoms with E-state index in [-0.39, 0.29) is 30.1 Å². The van der Waals surface area contributed by atoms with Crippen molar-refractivity contribution in [3.8, 4) is 0 Å². The third-order valence-corrected chi connectivity index (χ3v) is 2.95. The summed E-state index contributed by atoms with van der Waals surface area (Å²) in [4.78, 5) is 23.8. The van der Waals surface area contributed by atoms with Gasteiger partial charge in [-0.15, -0.1) is 0 Å². The summed E-state index contributed by atoms with van der Waals surface area (Å²) < 4.78 is 38.1. The summed E-state index contributed by atoms with van der Waals surface area (Å²) in [6.45, 7) is 1.70. The summed E-state index contributed by atoms with van der Waals surface area (Å²) in [6, 6.07) is 2.56. The highest BCUT2D eigenvalue weighted by atomic mass is 35.5. The van der Waals surface area contributed by atoms with Crippen LogP contribution in [0.3, 0.4) is 0 Å². The third-order valence-electron chi connectivity index (χ3n) is 2.74. The van der Waals surface area contributed by atoms with Crippen molar-refractivity contribution >= 4 is 23.5 Å². The zero-order valence-corrected chi connectivity index (χ0v) is 11.8. The van der Waals surface area contributed by atoms with Crippen molar-refractivity contribution in [3.63, 3.8) is 0 Å². The van der Waals surface area contributed by atoms with Gasteiger partial charge >= 0.3 is 12.1 Å². The van der Waals surface area contributed by atoms with Gasteiger partial charge in [0.1, 0.15) is 0 Å². The molecule has 0 saturated heterocycles. The standard InChI is InChI=1S/C13H13ClF3NO3/c1-2-18(4-3-11(19)20)12(21)8-5-9(13(15,16)17)7-10(14)6-8/h5-7H,2-4H2,1H3,(H,19,20). The molecule has 1 aromatic carbocycles. The summed E-state index contributed by atoms with van der Waals surface area (Å²) in [5.74, 6) is -1.78. The number of hydrogen-bond acceptors (Lipinski definition) is 2. The van der Waals surface area contributed by atoms with E-state index in [9.17, 15) is 22.8 Å². The number of rotatable bonds is 5. The average Bonchev–Trinajstić information content (AvgIpc) is 2.37. The minimum Gasteiger partial charge on any atom is -0.481 e. The lowest BCUT2D eigenvalue weighted by molar-refractivity contribution is -0.138. The van der Waals surface area contributed by atoms with Crippen LogP contribution in [0.15, 0.2) is 18.2 Å². The monoisotopic (exact) mass is 323 g/mol. The van der Waals surface area contributed by atoms with Crippen LogP contribution in [0.4, 0.5) is 13.2 Å². The molecule has 0 bridgehead atoms. The maximum atomic E-state index is 12.7. The van der Waals surface area contributed by atoms with Crippen molar-refractivity contribution in [2.24, 2.45) is 0 Å². The van der Waals surface area contributed by atoms with Crippen molar-refractivity contribution in [2.75, 3.05) is 13.1 Å². The fraction of sp³-hybridized carbons (Fsp3) is 0.385. The number of benzene rings is 1. The Kier molecular flexibility index (Phi) is 5.60. The van der Waals surface area contributed by atoms with Crippen LogP contribution < -0.4 is 0 Å². The highest BCUT2D eigenvalue weighted by Crippen LogP contribution is 2.32. The van der Waals surface area contributed by atoms with Crippen LogP contribution in [-0.4, -0.2) is 35.0 Å². The Balaban J connectivity index is 3.05. The van der Waals surface area contributed by atoms with Crippen molar-refractivity contribution in [1.29, 1.82) is 0 Å². The van der Waals surface area contributed by atoms with E-state index >= 15 is 0 Å². The second-order valence-corrected chi connectivity index (χ2v) is 4.69. The van der Waals surface area contributed by atoms with Gasteiger partial charge in [0.25, 0.3) is 5.91 Å². The first kappa shape index (κ1) is 17.3. The first-order valence-corrected chi connectivity index (χ1v) is 6.41. The molecule has 0 aromatic heterocycles. The molecule has 4 nitrogen and oxygen atoms in total. The number of hydrogen-bond donors (Lipinski definition) is 1. The van der Waals surface area contributed by atoms with Gasteiger partial charge in [-0.25, -0.2) is 0 Å². The molecular formula is C13H13ClF3NO3. The molecule has 0 aliphatic heterocycles. The second kappa shape index (κ2) is 6.80. The zero-order valence-electron chi connectivity index (χ0n) is 11.1. The maximum absolute atomic E-state index is 12.7. The van der Waals surface area contributed by atoms with Crippen molar-refractivity contribution in [2.45, 2.75) is 19.5 Å². The molecule has 0 saturated carbocycles. The first-order chi connectivity index (χ1) is 9.65. The molecule has 1 amide bonds. The van der Waals surface area contributed by atoms with Crippen LogP contribution in [0, 0.1) is 0 Å². The van der Waals surface area contributed by atoms with Gasteiger partial charge in [-0.05, 0) is 25.1 Å². The van der Waals surface area contributed by atoms with Crippen molar-refractivity contribution in [3.05, 3.63) is 34.3 Å². The second-order valence-electron chi connectivity index (χ2n) is 4.25. The number of halogens is 4. The molecule has 8 heteroatoms. The lowest BCUT2D eigenvalue weighted by atomic mass is 10.1. The first-order valence-electron chi connectivity index (χ1n) is 6.04. The van der Waals surface area contributed by atoms with Gasteiger partial charge < -0.3 is 10.0 Å². The number of amides is 1. The Labute approximate surface area is 124 Å². The Morgan fingerprint density at radius 1 is 1.29 bits per heavy atom. The van der Waals surface area contributed by atoms with Crippen LogP contribution >= 0.6 is 11.6 Å². The molecule has 1 rings (SSSR count). The molecule has 0 atom stereocenters. The number of carboxylic acid groups (broad SMARTS) is 1. The van der Waals surface area contributed by atoms with E-state index < -0.39 is 23.6 Å². The van der Waals surface area contributed by atoms with Crippen LogP contribution in [0.5, 0.6) is 0 Å². The van der Waals surface area contributed by atoms with Gasteiger partial charge in [0.15, 0.2) is 0 Å². The number of carbonyl (C=O) groups excluding carboxylic acids is 1. The molecule has 1 aromatic rings. The minimum atomic E-state index is -4.61. The molecule has 21 heavy (non-hydrogen) atoms. The highest BCUT2D eigenvalue weighted by Gasteiger charge is 2.32. The van der Waals surface area contributed by atoms with Gasteiger partial charge in [-0.3, -0.25) is 9.59 Å². The van der Waals surface area contributed by atoms with Crippen LogP contribution in [-0.2, 0) is 11.0 Å². The van der Waals surface area contributed by atoms with Crippen LogP contribution in [0.2, 0.25) is 5.02 Å². The topological polar surface area (TPSA) is 57.6 Å². The fourth-order valence-electron chi connectivity index (χ4n) is 1.69. The quantitative estimate of drug-likeness (QED) is 0.904. The largest absolute Gasteiger partial charge is 0.481 e. The highest BCUT2D eigenvalue weighted by molar-refractivity contribution is 6.31. The molecule has 116 valence electrons. The van der Waals surface area contributed by atoms with E-state index in [0.29, 0.717) is 6.07 Å². The minimum absolute atomic E-state index is 0.0848. The normalized spacial score (nSPS) is 11.3. The third kappa shape index (κ3) is 4.93. The molecule has 1 N–H and O–H groups in total. The predicted molar refractivity (Wildman–Crippen MR) is 70.3 cm³/mol. The molecular weight excluding hydrogens is 311 g/mol. The van der Waals surface area contributed by atoms with Crippen molar-refractivity contribution < 1.29 is 27.9 Å². The Morgan fingerprint density at radius 2 is 1.90 bits per heavy atom. The molecule has 0 heterocycles. The van der Waals surface area contributed by atoms with E-state index in [1.54, 1.807) is 6.92 Å². The Bertz CT molecular complexity index is 546. The molecule has 0 spiro atoms. The number of carbonyl (C=O) groups is 2. The summed E-state index contributed by atoms with van der Waals surface area (Å²) in [6.07, 6.45) is -4.90. The van der Waals surface area contributed by atoms with E-state index in [1.165, 1.54) is 0 Å². The molecule has 0 unspecified atom stereocenters. The van der Waals surface area contributed by atoms with Crippen LogP contribution in [0.25, 0.3) is 0 Å². The van der Waals surface area contributed by atoms with Gasteiger partial charge in [-0.1, -0.05) is 11.6 Å². The average molecular weight is 324 g/mol. The van der Waals surface area contributed by atoms with E-state index in [4.69, 9.17) is 16.7 Å². The summed E-state index contributed by atoms with van der Waals surface area (Å²) >= 11 is 5.61. The van der Waals surface area contributed by atoms with Gasteiger partial charge in [0.2, 0.25) is 0 Å². The zero-order chi connectivity index (χ0) is 16.2. The SMILES string of the molecule is CCN(CCC(=O)O)C(=O)c1cc(Cl)cc(C(F)(F)F)c1. The fourth-order valence-corrected chi connectivity index (χ4v) is 1.93. The molecule has 0 aliphatic rings. The molecule has 0 fully saturated rings. The lowest BCUT2D eigenvalue weighted by Crippen LogP contribution is -2.33. The summed E-state index contributed by atoms with van der Waals surface area (Å²) in [5.41, 5.74) is -1.24. The Morgan fingerprint density at radius 3 is 2.38 bits per heavy atom. The maximum Gasteiger partial charge on any atom is 0.416 e. The van der Waals surface area contributed by atoms with Gasteiger partial charge in [-0.2, -0.15) is 13.2 Å². The Hall–Kier alpha value is -1.76.